The van der Waals surface area contributed by atoms with Gasteiger partial charge in [0, 0.05) is 35.5 Å². The zero-order valence-corrected chi connectivity index (χ0v) is 9.96. The van der Waals surface area contributed by atoms with Gasteiger partial charge in [0.2, 0.25) is 0 Å². The number of hydrogen-bond donors (Lipinski definition) is 0. The molecule has 4 rings (SSSR count). The molecule has 0 aliphatic carbocycles. The molecular formula is C15H8N4. The molecule has 0 N–H and O–H groups in total. The first-order valence-electron chi connectivity index (χ1n) is 6.00. The number of fused-ring (bicyclic) bond motifs is 4. The molecule has 0 bridgehead atoms. The van der Waals surface area contributed by atoms with Gasteiger partial charge in [0.25, 0.3) is 0 Å². The Bertz CT molecular complexity index is 994. The zero-order chi connectivity index (χ0) is 12.8. The van der Waals surface area contributed by atoms with Crippen LogP contribution in [-0.2, 0) is 6.42 Å². The monoisotopic (exact) mass is 244 g/mol. The molecule has 0 atom stereocenters. The highest BCUT2D eigenvalue weighted by molar-refractivity contribution is 5.73. The molecule has 0 unspecified atom stereocenters. The van der Waals surface area contributed by atoms with E-state index in [1.807, 2.05) is 24.4 Å². The predicted molar refractivity (Wildman–Crippen MR) is 70.2 cm³/mol. The van der Waals surface area contributed by atoms with Crippen molar-refractivity contribution in [1.29, 1.82) is 5.26 Å². The first-order chi connectivity index (χ1) is 9.38. The summed E-state index contributed by atoms with van der Waals surface area (Å²) in [4.78, 5) is 13.0. The van der Waals surface area contributed by atoms with Gasteiger partial charge in [-0.3, -0.25) is 4.99 Å². The fourth-order valence-corrected chi connectivity index (χ4v) is 2.61. The van der Waals surface area contributed by atoms with E-state index in [0.717, 1.165) is 33.3 Å². The molecule has 2 aliphatic heterocycles. The van der Waals surface area contributed by atoms with Crippen LogP contribution in [0.2, 0.25) is 0 Å². The second-order valence-electron chi connectivity index (χ2n) is 4.48. The normalized spacial score (nSPS) is 13.6. The molecule has 0 amide bonds. The lowest BCUT2D eigenvalue weighted by Gasteiger charge is -2.07. The van der Waals surface area contributed by atoms with E-state index in [1.54, 1.807) is 12.4 Å². The van der Waals surface area contributed by atoms with E-state index in [9.17, 15) is 5.26 Å². The summed E-state index contributed by atoms with van der Waals surface area (Å²) in [5, 5.41) is 12.2. The SMILES string of the molecule is N#Cc1cc2c(c3c1=c1cccnc1=N3)CC=NC=2. The molecule has 19 heavy (non-hydrogen) atoms. The van der Waals surface area contributed by atoms with Crippen molar-refractivity contribution >= 4 is 18.1 Å². The number of pyridine rings is 1. The number of aromatic nitrogens is 1. The second-order valence-corrected chi connectivity index (χ2v) is 4.48. The molecule has 0 spiro atoms. The molecule has 0 fully saturated rings. The highest BCUT2D eigenvalue weighted by atomic mass is 14.9. The van der Waals surface area contributed by atoms with Crippen LogP contribution in [0.1, 0.15) is 11.1 Å². The van der Waals surface area contributed by atoms with Crippen molar-refractivity contribution in [3.05, 3.63) is 56.7 Å². The van der Waals surface area contributed by atoms with Gasteiger partial charge in [-0.05, 0) is 29.0 Å². The van der Waals surface area contributed by atoms with Gasteiger partial charge in [-0.15, -0.1) is 0 Å². The summed E-state index contributed by atoms with van der Waals surface area (Å²) in [5.41, 5.74) is 3.34. The smallest absolute Gasteiger partial charge is 0.160 e. The Kier molecular flexibility index (Phi) is 1.92. The molecule has 88 valence electrons. The molecule has 4 heteroatoms. The van der Waals surface area contributed by atoms with E-state index in [2.05, 4.69) is 21.0 Å². The first kappa shape index (κ1) is 10.2. The average molecular weight is 244 g/mol. The standard InChI is InChI=1S/C15H8N4/c16-7-9-6-10-8-17-5-3-11(10)14-13(9)12-2-1-4-18-15(12)19-14/h1-2,4-6,8H,3H2. The summed E-state index contributed by atoms with van der Waals surface area (Å²) in [6.45, 7) is 0. The van der Waals surface area contributed by atoms with Crippen LogP contribution in [-0.4, -0.2) is 11.2 Å². The third-order valence-corrected chi connectivity index (χ3v) is 3.45. The van der Waals surface area contributed by atoms with Crippen molar-refractivity contribution in [2.24, 2.45) is 9.98 Å². The Balaban J connectivity index is 2.34. The minimum atomic E-state index is 0.637. The summed E-state index contributed by atoms with van der Waals surface area (Å²) < 4.78 is 0. The van der Waals surface area contributed by atoms with Gasteiger partial charge in [-0.2, -0.15) is 5.26 Å². The third kappa shape index (κ3) is 1.30. The molecule has 1 aromatic heterocycles. The van der Waals surface area contributed by atoms with Crippen LogP contribution < -0.4 is 10.7 Å². The lowest BCUT2D eigenvalue weighted by Crippen LogP contribution is -2.14. The van der Waals surface area contributed by atoms with Crippen LogP contribution in [0.15, 0.2) is 34.4 Å². The van der Waals surface area contributed by atoms with Crippen LogP contribution in [0.5, 0.6) is 0 Å². The molecule has 0 radical (unpaired) electrons. The van der Waals surface area contributed by atoms with Crippen molar-refractivity contribution in [2.45, 2.75) is 6.42 Å². The van der Waals surface area contributed by atoms with Crippen molar-refractivity contribution in [1.82, 2.24) is 4.98 Å². The van der Waals surface area contributed by atoms with Crippen molar-refractivity contribution in [2.75, 3.05) is 0 Å². The molecular weight excluding hydrogens is 236 g/mol. The Labute approximate surface area is 108 Å². The van der Waals surface area contributed by atoms with Gasteiger partial charge in [-0.1, -0.05) is 0 Å². The minimum Gasteiger partial charge on any atom is -0.268 e. The summed E-state index contributed by atoms with van der Waals surface area (Å²) in [5.74, 6) is 0. The van der Waals surface area contributed by atoms with Crippen molar-refractivity contribution in [3.8, 4) is 6.07 Å². The van der Waals surface area contributed by atoms with Crippen LogP contribution >= 0.6 is 0 Å². The summed E-state index contributed by atoms with van der Waals surface area (Å²) in [7, 11) is 0. The number of benzene rings is 1. The number of hydrogen-bond acceptors (Lipinski definition) is 4. The molecule has 4 nitrogen and oxygen atoms in total. The molecule has 0 saturated carbocycles. The molecule has 0 saturated heterocycles. The minimum absolute atomic E-state index is 0.637. The highest BCUT2D eigenvalue weighted by Crippen LogP contribution is 2.24. The van der Waals surface area contributed by atoms with Crippen LogP contribution in [0.4, 0.5) is 5.69 Å². The van der Waals surface area contributed by atoms with E-state index in [0.29, 0.717) is 11.1 Å². The maximum Gasteiger partial charge on any atom is 0.160 e. The molecule has 3 heterocycles. The lowest BCUT2D eigenvalue weighted by atomic mass is 10.0. The summed E-state index contributed by atoms with van der Waals surface area (Å²) in [6, 6.07) is 7.99. The maximum atomic E-state index is 9.36. The van der Waals surface area contributed by atoms with Gasteiger partial charge in [-0.25, -0.2) is 9.98 Å². The Hall–Kier alpha value is -2.80. The molecule has 2 aliphatic rings. The fraction of sp³-hybridized carbons (Fsp3) is 0.0667. The number of nitrogens with zero attached hydrogens (tertiary/aromatic N) is 4. The topological polar surface area (TPSA) is 61.4 Å². The van der Waals surface area contributed by atoms with Crippen molar-refractivity contribution in [3.63, 3.8) is 0 Å². The summed E-state index contributed by atoms with van der Waals surface area (Å²) in [6.07, 6.45) is 6.12. The van der Waals surface area contributed by atoms with E-state index < -0.39 is 0 Å². The average Bonchev–Trinajstić information content (AvgIpc) is 2.86. The molecule has 2 aromatic rings. The Morgan fingerprint density at radius 2 is 2.26 bits per heavy atom. The highest BCUT2D eigenvalue weighted by Gasteiger charge is 2.15. The van der Waals surface area contributed by atoms with Crippen LogP contribution in [0.25, 0.3) is 6.20 Å². The van der Waals surface area contributed by atoms with Gasteiger partial charge in [0.05, 0.1) is 17.3 Å². The largest absolute Gasteiger partial charge is 0.268 e. The maximum absolute atomic E-state index is 9.36. The van der Waals surface area contributed by atoms with Crippen LogP contribution in [0.3, 0.4) is 0 Å². The van der Waals surface area contributed by atoms with E-state index in [1.165, 1.54) is 0 Å². The van der Waals surface area contributed by atoms with Gasteiger partial charge in [0.1, 0.15) is 0 Å². The zero-order valence-electron chi connectivity index (χ0n) is 9.96. The first-order valence-corrected chi connectivity index (χ1v) is 6.00. The number of rotatable bonds is 0. The van der Waals surface area contributed by atoms with Crippen molar-refractivity contribution < 1.29 is 0 Å². The quantitative estimate of drug-likeness (QED) is 0.589. The van der Waals surface area contributed by atoms with E-state index in [4.69, 9.17) is 0 Å². The fourth-order valence-electron chi connectivity index (χ4n) is 2.61. The van der Waals surface area contributed by atoms with E-state index in [-0.39, 0.29) is 0 Å². The van der Waals surface area contributed by atoms with Crippen LogP contribution in [0, 0.1) is 21.8 Å². The third-order valence-electron chi connectivity index (χ3n) is 3.45. The Morgan fingerprint density at radius 3 is 3.16 bits per heavy atom. The van der Waals surface area contributed by atoms with Gasteiger partial charge < -0.3 is 0 Å². The lowest BCUT2D eigenvalue weighted by molar-refractivity contribution is 1.14. The Morgan fingerprint density at radius 1 is 1.32 bits per heavy atom. The number of aliphatic imine (C=N–C) groups is 1. The van der Waals surface area contributed by atoms with Gasteiger partial charge >= 0.3 is 0 Å². The van der Waals surface area contributed by atoms with Gasteiger partial charge in [0.15, 0.2) is 5.49 Å². The van der Waals surface area contributed by atoms with E-state index >= 15 is 0 Å². The predicted octanol–water partition coefficient (Wildman–Crippen LogP) is 0.870. The number of nitriles is 1. The second kappa shape index (κ2) is 3.59. The molecule has 1 aromatic carbocycles. The summed E-state index contributed by atoms with van der Waals surface area (Å²) >= 11 is 0.